The second kappa shape index (κ2) is 5.83. The Morgan fingerprint density at radius 1 is 1.25 bits per heavy atom. The third-order valence-electron chi connectivity index (χ3n) is 4.13. The first-order valence-corrected chi connectivity index (χ1v) is 8.07. The van der Waals surface area contributed by atoms with Crippen LogP contribution in [0.5, 0.6) is 0 Å². The fourth-order valence-electron chi connectivity index (χ4n) is 2.84. The fourth-order valence-corrected chi connectivity index (χ4v) is 3.01. The first-order valence-electron chi connectivity index (χ1n) is 7.69. The molecule has 0 radical (unpaired) electrons. The van der Waals surface area contributed by atoms with Crippen LogP contribution in [0.1, 0.15) is 10.4 Å². The Balaban J connectivity index is 1.46. The van der Waals surface area contributed by atoms with Gasteiger partial charge < -0.3 is 14.2 Å². The summed E-state index contributed by atoms with van der Waals surface area (Å²) >= 11 is 5.98. The second-order valence-corrected chi connectivity index (χ2v) is 6.23. The summed E-state index contributed by atoms with van der Waals surface area (Å²) in [6.07, 6.45) is 3.33. The number of hydrogen-bond donors (Lipinski definition) is 0. The number of rotatable bonds is 2. The number of aryl methyl sites for hydroxylation is 1. The third-order valence-corrected chi connectivity index (χ3v) is 4.36. The van der Waals surface area contributed by atoms with E-state index < -0.39 is 0 Å². The summed E-state index contributed by atoms with van der Waals surface area (Å²) in [7, 11) is 1.80. The van der Waals surface area contributed by atoms with Crippen molar-refractivity contribution in [3.8, 4) is 0 Å². The van der Waals surface area contributed by atoms with Gasteiger partial charge in [0.05, 0.1) is 11.8 Å². The lowest BCUT2D eigenvalue weighted by Crippen LogP contribution is -2.48. The Labute approximate surface area is 143 Å². The van der Waals surface area contributed by atoms with E-state index in [4.69, 9.17) is 16.0 Å². The average molecular weight is 346 g/mol. The Hall–Kier alpha value is -2.54. The Bertz CT molecular complexity index is 895. The smallest absolute Gasteiger partial charge is 0.298 e. The van der Waals surface area contributed by atoms with Gasteiger partial charge in [0.15, 0.2) is 5.58 Å². The maximum absolute atomic E-state index is 12.4. The zero-order valence-corrected chi connectivity index (χ0v) is 13.9. The molecule has 0 saturated carbocycles. The van der Waals surface area contributed by atoms with Crippen molar-refractivity contribution in [1.29, 1.82) is 0 Å². The normalized spacial score (nSPS) is 15.2. The molecule has 1 fully saturated rings. The van der Waals surface area contributed by atoms with Crippen LogP contribution in [0.25, 0.3) is 11.1 Å². The van der Waals surface area contributed by atoms with Crippen molar-refractivity contribution in [2.45, 2.75) is 0 Å². The molecule has 0 N–H and O–H groups in total. The predicted molar refractivity (Wildman–Crippen MR) is 90.3 cm³/mol. The topological polar surface area (TPSA) is 67.4 Å². The van der Waals surface area contributed by atoms with Crippen molar-refractivity contribution >= 4 is 34.6 Å². The van der Waals surface area contributed by atoms with E-state index in [2.05, 4.69) is 10.1 Å². The lowest BCUT2D eigenvalue weighted by Gasteiger charge is -2.33. The van der Waals surface area contributed by atoms with Crippen LogP contribution in [-0.2, 0) is 7.05 Å². The van der Waals surface area contributed by atoms with E-state index in [-0.39, 0.29) is 5.91 Å². The number of nitrogens with zero attached hydrogens (tertiary/aromatic N) is 5. The van der Waals surface area contributed by atoms with Crippen molar-refractivity contribution in [2.24, 2.45) is 7.05 Å². The lowest BCUT2D eigenvalue weighted by atomic mass is 10.2. The van der Waals surface area contributed by atoms with Crippen molar-refractivity contribution in [3.05, 3.63) is 41.2 Å². The molecule has 2 aromatic heterocycles. The van der Waals surface area contributed by atoms with Gasteiger partial charge >= 0.3 is 0 Å². The van der Waals surface area contributed by atoms with Gasteiger partial charge in [-0.1, -0.05) is 11.6 Å². The predicted octanol–water partition coefficient (Wildman–Crippen LogP) is 2.18. The second-order valence-electron chi connectivity index (χ2n) is 5.79. The molecule has 1 aliphatic heterocycles. The minimum Gasteiger partial charge on any atom is -0.423 e. The molecule has 0 spiro atoms. The zero-order valence-electron chi connectivity index (χ0n) is 13.1. The fraction of sp³-hybridized carbons (Fsp3) is 0.312. The molecule has 0 unspecified atom stereocenters. The van der Waals surface area contributed by atoms with Crippen LogP contribution in [0.2, 0.25) is 5.02 Å². The molecule has 4 rings (SSSR count). The standard InChI is InChI=1S/C16H16ClN5O2/c1-20-10-11(9-18-20)15(23)21-4-6-22(7-5-21)16-19-13-8-12(17)2-3-14(13)24-16/h2-3,8-10H,4-7H2,1H3. The highest BCUT2D eigenvalue weighted by atomic mass is 35.5. The number of piperazine rings is 1. The number of aromatic nitrogens is 3. The Morgan fingerprint density at radius 3 is 2.75 bits per heavy atom. The molecule has 1 amide bonds. The quantitative estimate of drug-likeness (QED) is 0.712. The van der Waals surface area contributed by atoms with Crippen molar-refractivity contribution in [1.82, 2.24) is 19.7 Å². The number of hydrogen-bond acceptors (Lipinski definition) is 5. The number of benzene rings is 1. The zero-order chi connectivity index (χ0) is 16.7. The van der Waals surface area contributed by atoms with Gasteiger partial charge in [0.25, 0.3) is 11.9 Å². The summed E-state index contributed by atoms with van der Waals surface area (Å²) in [6, 6.07) is 5.95. The molecule has 124 valence electrons. The highest BCUT2D eigenvalue weighted by Crippen LogP contribution is 2.25. The first-order chi connectivity index (χ1) is 11.6. The van der Waals surface area contributed by atoms with E-state index >= 15 is 0 Å². The Kier molecular flexibility index (Phi) is 3.65. The summed E-state index contributed by atoms with van der Waals surface area (Å²) in [4.78, 5) is 20.8. The Morgan fingerprint density at radius 2 is 2.04 bits per heavy atom. The van der Waals surface area contributed by atoms with E-state index in [0.29, 0.717) is 48.4 Å². The van der Waals surface area contributed by atoms with Crippen LogP contribution < -0.4 is 4.90 Å². The van der Waals surface area contributed by atoms with Crippen LogP contribution in [0.4, 0.5) is 6.01 Å². The SMILES string of the molecule is Cn1cc(C(=O)N2CCN(c3nc4cc(Cl)ccc4o3)CC2)cn1. The highest BCUT2D eigenvalue weighted by Gasteiger charge is 2.25. The summed E-state index contributed by atoms with van der Waals surface area (Å²) in [5.74, 6) is 0.00657. The monoisotopic (exact) mass is 345 g/mol. The molecule has 7 nitrogen and oxygen atoms in total. The maximum atomic E-state index is 12.4. The molecule has 0 bridgehead atoms. The number of anilines is 1. The molecule has 8 heteroatoms. The number of carbonyl (C=O) groups is 1. The van der Waals surface area contributed by atoms with Gasteiger partial charge in [-0.15, -0.1) is 0 Å². The van der Waals surface area contributed by atoms with E-state index in [1.165, 1.54) is 0 Å². The molecule has 1 aromatic carbocycles. The van der Waals surface area contributed by atoms with Gasteiger partial charge in [-0.05, 0) is 18.2 Å². The van der Waals surface area contributed by atoms with Gasteiger partial charge in [0.2, 0.25) is 0 Å². The van der Waals surface area contributed by atoms with Gasteiger partial charge in [0, 0.05) is 44.4 Å². The molecule has 1 saturated heterocycles. The summed E-state index contributed by atoms with van der Waals surface area (Å²) in [5.41, 5.74) is 2.07. The largest absolute Gasteiger partial charge is 0.423 e. The van der Waals surface area contributed by atoms with E-state index in [0.717, 1.165) is 5.52 Å². The number of carbonyl (C=O) groups excluding carboxylic acids is 1. The number of amides is 1. The molecular formula is C16H16ClN5O2. The number of fused-ring (bicyclic) bond motifs is 1. The number of halogens is 1. The summed E-state index contributed by atoms with van der Waals surface area (Å²) < 4.78 is 7.42. The van der Waals surface area contributed by atoms with Crippen molar-refractivity contribution < 1.29 is 9.21 Å². The summed E-state index contributed by atoms with van der Waals surface area (Å²) in [6.45, 7) is 2.58. The van der Waals surface area contributed by atoms with Crippen LogP contribution in [0.3, 0.4) is 0 Å². The number of oxazole rings is 1. The van der Waals surface area contributed by atoms with E-state index in [1.54, 1.807) is 36.3 Å². The van der Waals surface area contributed by atoms with Crippen LogP contribution in [-0.4, -0.2) is 51.8 Å². The molecular weight excluding hydrogens is 330 g/mol. The van der Waals surface area contributed by atoms with Crippen molar-refractivity contribution in [2.75, 3.05) is 31.1 Å². The van der Waals surface area contributed by atoms with E-state index in [9.17, 15) is 4.79 Å². The van der Waals surface area contributed by atoms with E-state index in [1.807, 2.05) is 15.9 Å². The molecule has 1 aliphatic rings. The minimum atomic E-state index is 0.00657. The maximum Gasteiger partial charge on any atom is 0.298 e. The first kappa shape index (κ1) is 15.0. The minimum absolute atomic E-state index is 0.00657. The van der Waals surface area contributed by atoms with Gasteiger partial charge in [-0.2, -0.15) is 10.1 Å². The highest BCUT2D eigenvalue weighted by molar-refractivity contribution is 6.31. The van der Waals surface area contributed by atoms with Crippen LogP contribution in [0, 0.1) is 0 Å². The molecule has 0 atom stereocenters. The molecule has 0 aliphatic carbocycles. The average Bonchev–Trinajstić information content (AvgIpc) is 3.20. The van der Waals surface area contributed by atoms with Crippen molar-refractivity contribution in [3.63, 3.8) is 0 Å². The molecule has 3 heterocycles. The third kappa shape index (κ3) is 2.71. The molecule has 24 heavy (non-hydrogen) atoms. The lowest BCUT2D eigenvalue weighted by molar-refractivity contribution is 0.0745. The summed E-state index contributed by atoms with van der Waals surface area (Å²) in [5, 5.41) is 4.68. The van der Waals surface area contributed by atoms with Crippen LogP contribution in [0.15, 0.2) is 35.0 Å². The van der Waals surface area contributed by atoms with Gasteiger partial charge in [0.1, 0.15) is 5.52 Å². The molecule has 3 aromatic rings. The van der Waals surface area contributed by atoms with Gasteiger partial charge in [-0.25, -0.2) is 0 Å². The van der Waals surface area contributed by atoms with Gasteiger partial charge in [-0.3, -0.25) is 9.48 Å². The van der Waals surface area contributed by atoms with Crippen LogP contribution >= 0.6 is 11.6 Å².